The Kier molecular flexibility index (Phi) is 7.57. The molecule has 34 heavy (non-hydrogen) atoms. The number of hydrogen-bond donors (Lipinski definition) is 5. The van der Waals surface area contributed by atoms with Crippen molar-refractivity contribution in [2.75, 3.05) is 50.2 Å². The Bertz CT molecular complexity index is 973. The summed E-state index contributed by atoms with van der Waals surface area (Å²) >= 11 is 0. The van der Waals surface area contributed by atoms with E-state index in [-0.39, 0.29) is 0 Å². The van der Waals surface area contributed by atoms with Crippen LogP contribution < -0.4 is 16.0 Å². The third kappa shape index (κ3) is 5.68. The molecule has 3 fully saturated rings. The van der Waals surface area contributed by atoms with Gasteiger partial charge in [-0.2, -0.15) is 9.97 Å². The van der Waals surface area contributed by atoms with Gasteiger partial charge in [0.1, 0.15) is 11.5 Å². The maximum Gasteiger partial charge on any atom is 0.231 e. The fraction of sp³-hybridized carbons (Fsp3) is 0.625. The van der Waals surface area contributed by atoms with Crippen LogP contribution in [-0.2, 0) is 9.47 Å². The van der Waals surface area contributed by atoms with Gasteiger partial charge in [0.05, 0.1) is 24.3 Å². The van der Waals surface area contributed by atoms with Crippen molar-refractivity contribution in [2.45, 2.75) is 56.7 Å². The summed E-state index contributed by atoms with van der Waals surface area (Å²) < 4.78 is 10.9. The van der Waals surface area contributed by atoms with Gasteiger partial charge < -0.3 is 35.8 Å². The van der Waals surface area contributed by atoms with Crippen molar-refractivity contribution in [1.82, 2.24) is 25.2 Å². The zero-order chi connectivity index (χ0) is 23.2. The molecule has 4 heterocycles. The number of aromatic nitrogens is 3. The minimum atomic E-state index is 0.363. The van der Waals surface area contributed by atoms with Gasteiger partial charge in [-0.15, -0.1) is 0 Å². The zero-order valence-electron chi connectivity index (χ0n) is 19.7. The molecule has 0 atom stereocenters. The fourth-order valence-corrected chi connectivity index (χ4v) is 5.14. The molecular weight excluding hydrogens is 432 g/mol. The zero-order valence-corrected chi connectivity index (χ0v) is 19.7. The second kappa shape index (κ2) is 11.2. The SMILES string of the molecule is N=C/C(=C\NC1CCOCC1)Nc1nc(NC2CCC(N3CCOCC3)CC2)c2cc[nH]c2n1. The van der Waals surface area contributed by atoms with Gasteiger partial charge >= 0.3 is 0 Å². The summed E-state index contributed by atoms with van der Waals surface area (Å²) in [4.78, 5) is 15.2. The Morgan fingerprint density at radius 2 is 1.76 bits per heavy atom. The lowest BCUT2D eigenvalue weighted by Crippen LogP contribution is -2.46. The van der Waals surface area contributed by atoms with E-state index in [1.165, 1.54) is 19.1 Å². The third-order valence-electron chi connectivity index (χ3n) is 7.12. The van der Waals surface area contributed by atoms with Crippen LogP contribution in [0.4, 0.5) is 11.8 Å². The van der Waals surface area contributed by atoms with E-state index in [2.05, 4.69) is 30.8 Å². The van der Waals surface area contributed by atoms with Crippen LogP contribution in [0, 0.1) is 5.41 Å². The van der Waals surface area contributed by atoms with Crippen LogP contribution in [0.15, 0.2) is 24.2 Å². The van der Waals surface area contributed by atoms with Gasteiger partial charge in [0.25, 0.3) is 0 Å². The first-order valence-electron chi connectivity index (χ1n) is 12.5. The summed E-state index contributed by atoms with van der Waals surface area (Å²) in [5.74, 6) is 1.31. The highest BCUT2D eigenvalue weighted by atomic mass is 16.5. The first-order valence-corrected chi connectivity index (χ1v) is 12.5. The van der Waals surface area contributed by atoms with E-state index in [0.717, 1.165) is 82.1 Å². The minimum Gasteiger partial charge on any atom is -0.386 e. The number of ether oxygens (including phenoxy) is 2. The molecule has 184 valence electrons. The van der Waals surface area contributed by atoms with Crippen molar-refractivity contribution in [3.8, 4) is 0 Å². The minimum absolute atomic E-state index is 0.363. The summed E-state index contributed by atoms with van der Waals surface area (Å²) in [7, 11) is 0. The molecule has 0 aromatic carbocycles. The number of rotatable bonds is 8. The number of anilines is 2. The standard InChI is InChI=1S/C24H36N8O2/c25-15-19(16-27-17-6-11-33-12-7-17)29-24-30-22-21(5-8-26-22)23(31-24)28-18-1-3-20(4-2-18)32-9-13-34-14-10-32/h5,8,15-18,20,25,27H,1-4,6-7,9-14H2,(H3,26,28,29,30,31)/b19-16+,25-15?. The van der Waals surface area contributed by atoms with Gasteiger partial charge in [0.15, 0.2) is 0 Å². The molecule has 0 bridgehead atoms. The van der Waals surface area contributed by atoms with Crippen molar-refractivity contribution >= 4 is 29.0 Å². The van der Waals surface area contributed by atoms with Gasteiger partial charge in [0.2, 0.25) is 5.95 Å². The second-order valence-electron chi connectivity index (χ2n) is 9.36. The van der Waals surface area contributed by atoms with E-state index in [1.807, 2.05) is 18.5 Å². The topological polar surface area (TPSA) is 123 Å². The third-order valence-corrected chi connectivity index (χ3v) is 7.12. The molecule has 2 aromatic heterocycles. The molecule has 0 radical (unpaired) electrons. The smallest absolute Gasteiger partial charge is 0.231 e. The van der Waals surface area contributed by atoms with Crippen LogP contribution in [0.2, 0.25) is 0 Å². The molecule has 2 aliphatic heterocycles. The van der Waals surface area contributed by atoms with Crippen LogP contribution in [0.1, 0.15) is 38.5 Å². The van der Waals surface area contributed by atoms with Gasteiger partial charge in [0, 0.05) is 63.0 Å². The number of aromatic amines is 1. The van der Waals surface area contributed by atoms with Gasteiger partial charge in [-0.05, 0) is 44.6 Å². The molecule has 10 heteroatoms. The van der Waals surface area contributed by atoms with Crippen molar-refractivity contribution in [2.24, 2.45) is 0 Å². The molecule has 1 aliphatic carbocycles. The van der Waals surface area contributed by atoms with Crippen LogP contribution in [0.25, 0.3) is 11.0 Å². The van der Waals surface area contributed by atoms with Crippen LogP contribution in [-0.4, -0.2) is 83.7 Å². The Morgan fingerprint density at radius 3 is 2.53 bits per heavy atom. The average Bonchev–Trinajstić information content (AvgIpc) is 3.37. The van der Waals surface area contributed by atoms with Crippen molar-refractivity contribution in [3.05, 3.63) is 24.2 Å². The lowest BCUT2D eigenvalue weighted by molar-refractivity contribution is 0.00791. The highest BCUT2D eigenvalue weighted by Crippen LogP contribution is 2.28. The lowest BCUT2D eigenvalue weighted by Gasteiger charge is -2.39. The van der Waals surface area contributed by atoms with Gasteiger partial charge in [-0.3, -0.25) is 4.90 Å². The quantitative estimate of drug-likeness (QED) is 0.375. The molecular formula is C24H36N8O2. The Morgan fingerprint density at radius 1 is 1.00 bits per heavy atom. The van der Waals surface area contributed by atoms with Gasteiger partial charge in [-0.25, -0.2) is 0 Å². The summed E-state index contributed by atoms with van der Waals surface area (Å²) in [6.07, 6.45) is 11.6. The first kappa shape index (κ1) is 23.1. The monoisotopic (exact) mass is 468 g/mol. The molecule has 3 aliphatic rings. The number of nitrogens with one attached hydrogen (secondary N) is 5. The number of morpholine rings is 1. The Balaban J connectivity index is 1.23. The Labute approximate surface area is 200 Å². The number of fused-ring (bicyclic) bond motifs is 1. The molecule has 2 saturated heterocycles. The van der Waals surface area contributed by atoms with E-state index in [0.29, 0.717) is 29.8 Å². The molecule has 2 aromatic rings. The first-order chi connectivity index (χ1) is 16.8. The van der Waals surface area contributed by atoms with Crippen LogP contribution >= 0.6 is 0 Å². The van der Waals surface area contributed by atoms with Gasteiger partial charge in [-0.1, -0.05) is 0 Å². The maximum absolute atomic E-state index is 7.81. The van der Waals surface area contributed by atoms with Crippen molar-refractivity contribution < 1.29 is 9.47 Å². The number of allylic oxidation sites excluding steroid dienone is 1. The predicted molar refractivity (Wildman–Crippen MR) is 133 cm³/mol. The highest BCUT2D eigenvalue weighted by molar-refractivity contribution is 5.89. The number of H-pyrrole nitrogens is 1. The van der Waals surface area contributed by atoms with E-state index in [4.69, 9.17) is 19.9 Å². The molecule has 5 N–H and O–H groups in total. The number of nitrogens with zero attached hydrogens (tertiary/aromatic N) is 3. The van der Waals surface area contributed by atoms with E-state index in [1.54, 1.807) is 0 Å². The normalized spacial score (nSPS) is 25.2. The summed E-state index contributed by atoms with van der Waals surface area (Å²) in [5, 5.41) is 19.1. The molecule has 0 spiro atoms. The summed E-state index contributed by atoms with van der Waals surface area (Å²) in [6.45, 7) is 5.37. The molecule has 0 unspecified atom stereocenters. The highest BCUT2D eigenvalue weighted by Gasteiger charge is 2.27. The van der Waals surface area contributed by atoms with Crippen molar-refractivity contribution in [3.63, 3.8) is 0 Å². The summed E-state index contributed by atoms with van der Waals surface area (Å²) in [6, 6.07) is 3.44. The summed E-state index contributed by atoms with van der Waals surface area (Å²) in [5.41, 5.74) is 1.40. The van der Waals surface area contributed by atoms with E-state index < -0.39 is 0 Å². The second-order valence-corrected chi connectivity index (χ2v) is 9.36. The van der Waals surface area contributed by atoms with Crippen LogP contribution in [0.3, 0.4) is 0 Å². The Hall–Kier alpha value is -2.69. The largest absolute Gasteiger partial charge is 0.386 e. The van der Waals surface area contributed by atoms with Crippen LogP contribution in [0.5, 0.6) is 0 Å². The number of hydrogen-bond acceptors (Lipinski definition) is 9. The predicted octanol–water partition coefficient (Wildman–Crippen LogP) is 2.68. The van der Waals surface area contributed by atoms with E-state index >= 15 is 0 Å². The van der Waals surface area contributed by atoms with E-state index in [9.17, 15) is 0 Å². The fourth-order valence-electron chi connectivity index (χ4n) is 5.14. The van der Waals surface area contributed by atoms with Crippen molar-refractivity contribution in [1.29, 1.82) is 5.41 Å². The molecule has 5 rings (SSSR count). The molecule has 1 saturated carbocycles. The maximum atomic E-state index is 7.81. The molecule has 10 nitrogen and oxygen atoms in total. The average molecular weight is 469 g/mol. The lowest BCUT2D eigenvalue weighted by atomic mass is 9.90. The molecule has 0 amide bonds.